The number of fused-ring (bicyclic) bond motifs is 2. The minimum atomic E-state index is -1.44. The maximum atomic E-state index is 13.5. The number of carbonyl (C=O) groups is 2. The van der Waals surface area contributed by atoms with Crippen LogP contribution >= 0.6 is 0 Å². The van der Waals surface area contributed by atoms with Crippen molar-refractivity contribution < 1.29 is 38.2 Å². The minimum Gasteiger partial charge on any atom is -0.486 e. The Morgan fingerprint density at radius 1 is 1.00 bits per heavy atom. The third-order valence-electron chi connectivity index (χ3n) is 5.22. The average molecular weight is 443 g/mol. The largest absolute Gasteiger partial charge is 0.486 e. The first-order valence-electron chi connectivity index (χ1n) is 10.1. The summed E-state index contributed by atoms with van der Waals surface area (Å²) in [6.07, 6.45) is 0. The SMILES string of the molecule is CCOC(=O)C(C(=O)c1ccc2c(c1)OCCO2)C(C[N+](=O)[O-])c1ccc2c(c1)OCO2. The molecule has 10 nitrogen and oxygen atoms in total. The number of nitrogens with zero attached hydrogens (tertiary/aromatic N) is 1. The molecule has 0 aromatic heterocycles. The summed E-state index contributed by atoms with van der Waals surface area (Å²) in [4.78, 5) is 37.3. The molecule has 2 heterocycles. The van der Waals surface area contributed by atoms with Crippen LogP contribution in [0.2, 0.25) is 0 Å². The van der Waals surface area contributed by atoms with E-state index in [2.05, 4.69) is 0 Å². The van der Waals surface area contributed by atoms with E-state index < -0.39 is 35.1 Å². The van der Waals surface area contributed by atoms with E-state index in [4.69, 9.17) is 23.7 Å². The molecule has 0 N–H and O–H groups in total. The Morgan fingerprint density at radius 2 is 1.66 bits per heavy atom. The van der Waals surface area contributed by atoms with E-state index >= 15 is 0 Å². The molecule has 2 aliphatic rings. The Morgan fingerprint density at radius 3 is 2.41 bits per heavy atom. The molecule has 0 radical (unpaired) electrons. The minimum absolute atomic E-state index is 0.0239. The second-order valence-corrected chi connectivity index (χ2v) is 7.19. The summed E-state index contributed by atoms with van der Waals surface area (Å²) in [7, 11) is 0. The molecule has 2 aromatic carbocycles. The number of hydrogen-bond acceptors (Lipinski definition) is 9. The van der Waals surface area contributed by atoms with Crippen molar-refractivity contribution in [2.75, 3.05) is 33.2 Å². The highest BCUT2D eigenvalue weighted by molar-refractivity contribution is 6.09. The summed E-state index contributed by atoms with van der Waals surface area (Å²) < 4.78 is 26.8. The second kappa shape index (κ2) is 9.13. The van der Waals surface area contributed by atoms with Crippen LogP contribution in [0, 0.1) is 16.0 Å². The maximum absolute atomic E-state index is 13.5. The van der Waals surface area contributed by atoms with Crippen molar-refractivity contribution in [2.45, 2.75) is 12.8 Å². The average Bonchev–Trinajstić information content (AvgIpc) is 3.26. The van der Waals surface area contributed by atoms with Crippen molar-refractivity contribution in [3.8, 4) is 23.0 Å². The van der Waals surface area contributed by atoms with Gasteiger partial charge in [-0.25, -0.2) is 0 Å². The highest BCUT2D eigenvalue weighted by Crippen LogP contribution is 2.39. The molecular formula is C22H21NO9. The third-order valence-corrected chi connectivity index (χ3v) is 5.22. The number of rotatable bonds is 8. The van der Waals surface area contributed by atoms with Gasteiger partial charge in [0.05, 0.1) is 12.5 Å². The predicted octanol–water partition coefficient (Wildman–Crippen LogP) is 2.61. The zero-order valence-corrected chi connectivity index (χ0v) is 17.3. The lowest BCUT2D eigenvalue weighted by Gasteiger charge is -2.23. The van der Waals surface area contributed by atoms with Crippen molar-refractivity contribution in [1.29, 1.82) is 0 Å². The third kappa shape index (κ3) is 4.29. The van der Waals surface area contributed by atoms with Crippen LogP contribution < -0.4 is 18.9 Å². The standard InChI is InChI=1S/C22H21NO9/c1-2-28-22(25)20(21(24)14-4-6-16-18(10-14)30-8-7-29-16)15(11-23(26)27)13-3-5-17-19(9-13)32-12-31-17/h3-6,9-10,15,20H,2,7-8,11-12H2,1H3. The number of hydrogen-bond donors (Lipinski definition) is 0. The molecule has 0 saturated heterocycles. The zero-order chi connectivity index (χ0) is 22.7. The molecule has 168 valence electrons. The number of benzene rings is 2. The molecule has 2 aromatic rings. The predicted molar refractivity (Wildman–Crippen MR) is 109 cm³/mol. The van der Waals surface area contributed by atoms with Gasteiger partial charge in [-0.3, -0.25) is 19.7 Å². The molecule has 2 unspecified atom stereocenters. The van der Waals surface area contributed by atoms with Crippen molar-refractivity contribution in [1.82, 2.24) is 0 Å². The number of ketones is 1. The van der Waals surface area contributed by atoms with E-state index in [1.165, 1.54) is 12.1 Å². The zero-order valence-electron chi connectivity index (χ0n) is 17.3. The molecule has 10 heteroatoms. The van der Waals surface area contributed by atoms with Gasteiger partial charge in [-0.05, 0) is 42.8 Å². The van der Waals surface area contributed by atoms with Crippen LogP contribution in [0.25, 0.3) is 0 Å². The topological polar surface area (TPSA) is 123 Å². The number of carbonyl (C=O) groups excluding carboxylic acids is 2. The van der Waals surface area contributed by atoms with E-state index in [-0.39, 0.29) is 19.0 Å². The smallest absolute Gasteiger partial charge is 0.317 e. The van der Waals surface area contributed by atoms with Gasteiger partial charge in [0.1, 0.15) is 19.1 Å². The molecule has 32 heavy (non-hydrogen) atoms. The first-order valence-corrected chi connectivity index (χ1v) is 10.1. The van der Waals surface area contributed by atoms with Crippen molar-refractivity contribution in [3.63, 3.8) is 0 Å². The monoisotopic (exact) mass is 443 g/mol. The van der Waals surface area contributed by atoms with Crippen LogP contribution in [-0.4, -0.2) is 49.8 Å². The van der Waals surface area contributed by atoms with E-state index in [1.54, 1.807) is 31.2 Å². The maximum Gasteiger partial charge on any atom is 0.317 e. The fourth-order valence-corrected chi connectivity index (χ4v) is 3.77. The molecule has 0 aliphatic carbocycles. The normalized spacial score (nSPS) is 15.5. The van der Waals surface area contributed by atoms with E-state index in [1.807, 2.05) is 0 Å². The van der Waals surface area contributed by atoms with Crippen LogP contribution in [0.5, 0.6) is 23.0 Å². The lowest BCUT2D eigenvalue weighted by molar-refractivity contribution is -0.484. The Labute approximate surface area is 183 Å². The molecule has 0 bridgehead atoms. The van der Waals surface area contributed by atoms with Gasteiger partial charge in [-0.1, -0.05) is 6.07 Å². The van der Waals surface area contributed by atoms with Crippen LogP contribution in [0.3, 0.4) is 0 Å². The fourth-order valence-electron chi connectivity index (χ4n) is 3.77. The highest BCUT2D eigenvalue weighted by atomic mass is 16.7. The first kappa shape index (κ1) is 21.4. The summed E-state index contributed by atoms with van der Waals surface area (Å²) in [5.74, 6) is -2.23. The van der Waals surface area contributed by atoms with Gasteiger partial charge >= 0.3 is 5.97 Å². The van der Waals surface area contributed by atoms with Gasteiger partial charge in [0.2, 0.25) is 13.3 Å². The Bertz CT molecular complexity index is 1050. The van der Waals surface area contributed by atoms with Crippen LogP contribution in [-0.2, 0) is 9.53 Å². The van der Waals surface area contributed by atoms with Gasteiger partial charge < -0.3 is 23.7 Å². The fraction of sp³-hybridized carbons (Fsp3) is 0.364. The molecule has 2 atom stereocenters. The van der Waals surface area contributed by atoms with Crippen molar-refractivity contribution >= 4 is 11.8 Å². The quantitative estimate of drug-likeness (QED) is 0.199. The van der Waals surface area contributed by atoms with Gasteiger partial charge in [0.15, 0.2) is 28.8 Å². The van der Waals surface area contributed by atoms with Crippen molar-refractivity contribution in [2.24, 2.45) is 5.92 Å². The number of ether oxygens (including phenoxy) is 5. The second-order valence-electron chi connectivity index (χ2n) is 7.19. The van der Waals surface area contributed by atoms with Crippen molar-refractivity contribution in [3.05, 3.63) is 57.6 Å². The summed E-state index contributed by atoms with van der Waals surface area (Å²) in [6, 6.07) is 9.30. The number of Topliss-reactive ketones (excluding diaryl/α,β-unsaturated/α-hetero) is 1. The van der Waals surface area contributed by atoms with E-state index in [0.29, 0.717) is 41.8 Å². The lowest BCUT2D eigenvalue weighted by atomic mass is 9.81. The summed E-state index contributed by atoms with van der Waals surface area (Å²) >= 11 is 0. The lowest BCUT2D eigenvalue weighted by Crippen LogP contribution is -2.35. The molecule has 0 amide bonds. The summed E-state index contributed by atoms with van der Waals surface area (Å²) in [5, 5.41) is 11.5. The Kier molecular flexibility index (Phi) is 6.11. The van der Waals surface area contributed by atoms with Gasteiger partial charge in [-0.2, -0.15) is 0 Å². The van der Waals surface area contributed by atoms with E-state index in [0.717, 1.165) is 0 Å². The van der Waals surface area contributed by atoms with E-state index in [9.17, 15) is 19.7 Å². The first-order chi connectivity index (χ1) is 15.5. The molecule has 4 rings (SSSR count). The Balaban J connectivity index is 1.74. The summed E-state index contributed by atoms with van der Waals surface area (Å²) in [6.45, 7) is 1.71. The van der Waals surface area contributed by atoms with Crippen LogP contribution in [0.4, 0.5) is 0 Å². The van der Waals surface area contributed by atoms with Gasteiger partial charge in [-0.15, -0.1) is 0 Å². The van der Waals surface area contributed by atoms with Gasteiger partial charge in [0, 0.05) is 10.5 Å². The number of nitro groups is 1. The Hall–Kier alpha value is -3.82. The van der Waals surface area contributed by atoms with Crippen LogP contribution in [0.1, 0.15) is 28.8 Å². The molecule has 0 spiro atoms. The number of esters is 1. The molecule has 0 saturated carbocycles. The molecule has 0 fully saturated rings. The molecule has 2 aliphatic heterocycles. The van der Waals surface area contributed by atoms with Crippen LogP contribution in [0.15, 0.2) is 36.4 Å². The summed E-state index contributed by atoms with van der Waals surface area (Å²) in [5.41, 5.74) is 0.566. The van der Waals surface area contributed by atoms with Gasteiger partial charge in [0.25, 0.3) is 0 Å². The highest BCUT2D eigenvalue weighted by Gasteiger charge is 2.41. The molecular weight excluding hydrogens is 422 g/mol.